The number of carbonyl (C=O) groups excluding carboxylic acids is 1. The maximum atomic E-state index is 12.5. The lowest BCUT2D eigenvalue weighted by Crippen LogP contribution is -2.26. The molecule has 6 nitrogen and oxygen atoms in total. The summed E-state index contributed by atoms with van der Waals surface area (Å²) in [6.45, 7) is 5.19. The first-order valence-corrected chi connectivity index (χ1v) is 6.95. The summed E-state index contributed by atoms with van der Waals surface area (Å²) in [5.74, 6) is 0.708. The second-order valence-electron chi connectivity index (χ2n) is 5.10. The van der Waals surface area contributed by atoms with E-state index in [0.717, 1.165) is 23.6 Å². The molecule has 2 heterocycles. The minimum absolute atomic E-state index is 0.0245. The molecule has 0 aliphatic rings. The van der Waals surface area contributed by atoms with Gasteiger partial charge in [0.25, 0.3) is 5.91 Å². The molecule has 0 radical (unpaired) electrons. The van der Waals surface area contributed by atoms with Gasteiger partial charge in [0.05, 0.1) is 6.20 Å². The minimum Gasteiger partial charge on any atom is -0.370 e. The summed E-state index contributed by atoms with van der Waals surface area (Å²) in [5.41, 5.74) is 2.47. The fourth-order valence-electron chi connectivity index (χ4n) is 2.18. The van der Waals surface area contributed by atoms with Gasteiger partial charge in [-0.15, -0.1) is 0 Å². The van der Waals surface area contributed by atoms with Crippen molar-refractivity contribution in [1.29, 1.82) is 0 Å². The highest BCUT2D eigenvalue weighted by Crippen LogP contribution is 2.13. The van der Waals surface area contributed by atoms with Crippen molar-refractivity contribution in [2.75, 3.05) is 18.9 Å². The molecule has 0 saturated heterocycles. The van der Waals surface area contributed by atoms with Crippen LogP contribution in [0.1, 0.15) is 28.5 Å². The van der Waals surface area contributed by atoms with Gasteiger partial charge < -0.3 is 10.2 Å². The Bertz CT molecular complexity index is 635. The predicted molar refractivity (Wildman–Crippen MR) is 82.1 cm³/mol. The van der Waals surface area contributed by atoms with Crippen molar-refractivity contribution in [3.05, 3.63) is 41.3 Å². The van der Waals surface area contributed by atoms with Gasteiger partial charge in [0.15, 0.2) is 0 Å². The number of amides is 1. The zero-order chi connectivity index (χ0) is 15.4. The number of nitrogens with one attached hydrogen (secondary N) is 1. The fourth-order valence-corrected chi connectivity index (χ4v) is 2.18. The molecule has 2 aromatic rings. The van der Waals surface area contributed by atoms with Crippen molar-refractivity contribution in [3.63, 3.8) is 0 Å². The van der Waals surface area contributed by atoms with Gasteiger partial charge in [0.2, 0.25) is 0 Å². The summed E-state index contributed by atoms with van der Waals surface area (Å²) in [4.78, 5) is 18.5. The number of aryl methyl sites for hydroxylation is 2. The van der Waals surface area contributed by atoms with Crippen LogP contribution in [-0.4, -0.2) is 39.2 Å². The van der Waals surface area contributed by atoms with E-state index < -0.39 is 0 Å². The van der Waals surface area contributed by atoms with E-state index in [-0.39, 0.29) is 5.91 Å². The van der Waals surface area contributed by atoms with E-state index >= 15 is 0 Å². The third kappa shape index (κ3) is 3.81. The SMILES string of the molecule is CCNc1cc(C(=O)N(C)Cc2cnn(C)c2)cc(C)n1. The standard InChI is InChI=1S/C15H21N5O/c1-5-16-14-7-13(6-11(2)18-14)15(21)19(3)9-12-8-17-20(4)10-12/h6-8,10H,5,9H2,1-4H3,(H,16,18). The average molecular weight is 287 g/mol. The zero-order valence-electron chi connectivity index (χ0n) is 12.9. The van der Waals surface area contributed by atoms with Crippen LogP contribution in [0.4, 0.5) is 5.82 Å². The molecule has 1 amide bonds. The second-order valence-corrected chi connectivity index (χ2v) is 5.10. The van der Waals surface area contributed by atoms with Crippen molar-refractivity contribution < 1.29 is 4.79 Å². The molecule has 112 valence electrons. The van der Waals surface area contributed by atoms with Crippen LogP contribution in [0.2, 0.25) is 0 Å². The molecule has 0 aliphatic heterocycles. The molecule has 0 atom stereocenters. The Balaban J connectivity index is 2.14. The number of hydrogen-bond donors (Lipinski definition) is 1. The van der Waals surface area contributed by atoms with Crippen LogP contribution in [0.5, 0.6) is 0 Å². The van der Waals surface area contributed by atoms with Crippen LogP contribution >= 0.6 is 0 Å². The Morgan fingerprint density at radius 1 is 1.43 bits per heavy atom. The normalized spacial score (nSPS) is 10.5. The monoisotopic (exact) mass is 287 g/mol. The van der Waals surface area contributed by atoms with Gasteiger partial charge in [0, 0.05) is 50.2 Å². The van der Waals surface area contributed by atoms with Crippen molar-refractivity contribution in [2.45, 2.75) is 20.4 Å². The molecule has 0 aliphatic carbocycles. The van der Waals surface area contributed by atoms with Crippen molar-refractivity contribution >= 4 is 11.7 Å². The summed E-state index contributed by atoms with van der Waals surface area (Å²) in [5, 5.41) is 7.25. The van der Waals surface area contributed by atoms with E-state index in [4.69, 9.17) is 0 Å². The third-order valence-corrected chi connectivity index (χ3v) is 3.08. The largest absolute Gasteiger partial charge is 0.370 e. The van der Waals surface area contributed by atoms with E-state index in [1.54, 1.807) is 28.9 Å². The molecule has 0 saturated carbocycles. The first-order valence-electron chi connectivity index (χ1n) is 6.95. The summed E-state index contributed by atoms with van der Waals surface area (Å²) < 4.78 is 1.73. The van der Waals surface area contributed by atoms with E-state index in [1.807, 2.05) is 33.2 Å². The molecule has 21 heavy (non-hydrogen) atoms. The first kappa shape index (κ1) is 15.0. The molecule has 0 fully saturated rings. The third-order valence-electron chi connectivity index (χ3n) is 3.08. The first-order chi connectivity index (χ1) is 9.99. The Labute approximate surface area is 124 Å². The van der Waals surface area contributed by atoms with Crippen molar-refractivity contribution in [2.24, 2.45) is 7.05 Å². The Morgan fingerprint density at radius 2 is 2.19 bits per heavy atom. The molecule has 1 N–H and O–H groups in total. The molecular weight excluding hydrogens is 266 g/mol. The lowest BCUT2D eigenvalue weighted by Gasteiger charge is -2.17. The maximum Gasteiger partial charge on any atom is 0.254 e. The number of pyridine rings is 1. The van der Waals surface area contributed by atoms with Crippen molar-refractivity contribution in [3.8, 4) is 0 Å². The van der Waals surface area contributed by atoms with Gasteiger partial charge in [-0.05, 0) is 26.0 Å². The zero-order valence-corrected chi connectivity index (χ0v) is 12.9. The van der Waals surface area contributed by atoms with Crippen LogP contribution in [0.25, 0.3) is 0 Å². The number of anilines is 1. The average Bonchev–Trinajstić information content (AvgIpc) is 2.83. The summed E-state index contributed by atoms with van der Waals surface area (Å²) in [6, 6.07) is 3.60. The van der Waals surface area contributed by atoms with Crippen LogP contribution in [0.3, 0.4) is 0 Å². The summed E-state index contributed by atoms with van der Waals surface area (Å²) in [6.07, 6.45) is 3.68. The summed E-state index contributed by atoms with van der Waals surface area (Å²) in [7, 11) is 3.65. The molecule has 0 unspecified atom stereocenters. The highest BCUT2D eigenvalue weighted by atomic mass is 16.2. The lowest BCUT2D eigenvalue weighted by atomic mass is 10.2. The number of nitrogens with zero attached hydrogens (tertiary/aromatic N) is 4. The fraction of sp³-hybridized carbons (Fsp3) is 0.400. The second kappa shape index (κ2) is 6.39. The lowest BCUT2D eigenvalue weighted by molar-refractivity contribution is 0.0785. The number of rotatable bonds is 5. The number of aromatic nitrogens is 3. The Morgan fingerprint density at radius 3 is 2.81 bits per heavy atom. The highest BCUT2D eigenvalue weighted by molar-refractivity contribution is 5.94. The highest BCUT2D eigenvalue weighted by Gasteiger charge is 2.14. The molecule has 2 aromatic heterocycles. The molecule has 6 heteroatoms. The van der Waals surface area contributed by atoms with Gasteiger partial charge in [0.1, 0.15) is 5.82 Å². The van der Waals surface area contributed by atoms with E-state index in [1.165, 1.54) is 0 Å². The van der Waals surface area contributed by atoms with Crippen LogP contribution in [-0.2, 0) is 13.6 Å². The van der Waals surface area contributed by atoms with Gasteiger partial charge in [-0.1, -0.05) is 0 Å². The number of hydrogen-bond acceptors (Lipinski definition) is 4. The maximum absolute atomic E-state index is 12.5. The minimum atomic E-state index is -0.0245. The van der Waals surface area contributed by atoms with Crippen LogP contribution in [0.15, 0.2) is 24.5 Å². The summed E-state index contributed by atoms with van der Waals surface area (Å²) >= 11 is 0. The Hall–Kier alpha value is -2.37. The van der Waals surface area contributed by atoms with Gasteiger partial charge in [-0.3, -0.25) is 9.48 Å². The number of carbonyl (C=O) groups is 1. The predicted octanol–water partition coefficient (Wildman–Crippen LogP) is 1.83. The quantitative estimate of drug-likeness (QED) is 0.911. The Kier molecular flexibility index (Phi) is 4.57. The molecular formula is C15H21N5O. The van der Waals surface area contributed by atoms with E-state index in [2.05, 4.69) is 15.4 Å². The van der Waals surface area contributed by atoms with E-state index in [0.29, 0.717) is 12.1 Å². The van der Waals surface area contributed by atoms with Gasteiger partial charge in [-0.2, -0.15) is 5.10 Å². The van der Waals surface area contributed by atoms with Gasteiger partial charge in [-0.25, -0.2) is 4.98 Å². The van der Waals surface area contributed by atoms with Crippen LogP contribution < -0.4 is 5.32 Å². The molecule has 2 rings (SSSR count). The van der Waals surface area contributed by atoms with Crippen molar-refractivity contribution in [1.82, 2.24) is 19.7 Å². The van der Waals surface area contributed by atoms with Gasteiger partial charge >= 0.3 is 0 Å². The van der Waals surface area contributed by atoms with E-state index in [9.17, 15) is 4.79 Å². The molecule has 0 bridgehead atoms. The molecule has 0 spiro atoms. The topological polar surface area (TPSA) is 63.1 Å². The smallest absolute Gasteiger partial charge is 0.254 e. The molecule has 0 aromatic carbocycles. The van der Waals surface area contributed by atoms with Crippen LogP contribution in [0, 0.1) is 6.92 Å².